The molecule has 8 nitrogen and oxygen atoms in total. The van der Waals surface area contributed by atoms with E-state index in [1.54, 1.807) is 0 Å². The first-order valence-corrected chi connectivity index (χ1v) is 5.40. The summed E-state index contributed by atoms with van der Waals surface area (Å²) in [4.78, 5) is 37.8. The van der Waals surface area contributed by atoms with Gasteiger partial charge in [-0.2, -0.15) is 0 Å². The zero-order valence-corrected chi connectivity index (χ0v) is 9.49. The van der Waals surface area contributed by atoms with Gasteiger partial charge in [-0.05, 0) is 0 Å². The standard InChI is InChI=1S/C10H13N3O5/c14-7-3-6(12-9(16)13-7)8(15)11-4-10(17)1-2-18-5-10/h3,17H,1-2,4-5H2,(H,11,15)(H2,12,13,14,16). The highest BCUT2D eigenvalue weighted by Gasteiger charge is 2.32. The van der Waals surface area contributed by atoms with Gasteiger partial charge in [0.15, 0.2) is 0 Å². The van der Waals surface area contributed by atoms with Gasteiger partial charge in [0.05, 0.1) is 6.61 Å². The maximum absolute atomic E-state index is 11.7. The molecular formula is C10H13N3O5. The summed E-state index contributed by atoms with van der Waals surface area (Å²) in [6.07, 6.45) is 0.430. The van der Waals surface area contributed by atoms with Crippen LogP contribution in [0.1, 0.15) is 16.9 Å². The van der Waals surface area contributed by atoms with Crippen molar-refractivity contribution in [3.05, 3.63) is 32.6 Å². The number of ether oxygens (including phenoxy) is 1. The van der Waals surface area contributed by atoms with Crippen LogP contribution in [0.3, 0.4) is 0 Å². The van der Waals surface area contributed by atoms with Crippen LogP contribution >= 0.6 is 0 Å². The molecule has 2 rings (SSSR count). The third-order valence-corrected chi connectivity index (χ3v) is 2.67. The summed E-state index contributed by atoms with van der Waals surface area (Å²) in [5.41, 5.74) is -2.65. The van der Waals surface area contributed by atoms with E-state index in [-0.39, 0.29) is 18.8 Å². The van der Waals surface area contributed by atoms with Crippen LogP contribution in [0.25, 0.3) is 0 Å². The zero-order chi connectivity index (χ0) is 13.2. The van der Waals surface area contributed by atoms with E-state index in [0.29, 0.717) is 13.0 Å². The molecule has 1 aliphatic heterocycles. The molecule has 2 heterocycles. The normalized spacial score (nSPS) is 22.9. The van der Waals surface area contributed by atoms with Crippen molar-refractivity contribution in [1.82, 2.24) is 15.3 Å². The van der Waals surface area contributed by atoms with Crippen molar-refractivity contribution in [2.24, 2.45) is 0 Å². The molecule has 18 heavy (non-hydrogen) atoms. The first-order valence-electron chi connectivity index (χ1n) is 5.40. The number of hydrogen-bond acceptors (Lipinski definition) is 5. The zero-order valence-electron chi connectivity index (χ0n) is 9.49. The molecule has 1 saturated heterocycles. The van der Waals surface area contributed by atoms with E-state index >= 15 is 0 Å². The van der Waals surface area contributed by atoms with Crippen LogP contribution in [0.2, 0.25) is 0 Å². The minimum Gasteiger partial charge on any atom is -0.386 e. The summed E-state index contributed by atoms with van der Waals surface area (Å²) in [5.74, 6) is -0.626. The molecule has 1 aromatic rings. The summed E-state index contributed by atoms with van der Waals surface area (Å²) in [5, 5.41) is 12.4. The number of carbonyl (C=O) groups excluding carboxylic acids is 1. The van der Waals surface area contributed by atoms with Gasteiger partial charge in [0.2, 0.25) is 0 Å². The van der Waals surface area contributed by atoms with E-state index in [2.05, 4.69) is 10.3 Å². The second-order valence-electron chi connectivity index (χ2n) is 4.21. The minimum atomic E-state index is -1.09. The molecule has 4 N–H and O–H groups in total. The monoisotopic (exact) mass is 255 g/mol. The van der Waals surface area contributed by atoms with Crippen molar-refractivity contribution in [1.29, 1.82) is 0 Å². The summed E-state index contributed by atoms with van der Waals surface area (Å²) < 4.78 is 5.02. The van der Waals surface area contributed by atoms with Crippen molar-refractivity contribution < 1.29 is 14.6 Å². The van der Waals surface area contributed by atoms with Crippen molar-refractivity contribution in [2.45, 2.75) is 12.0 Å². The third kappa shape index (κ3) is 2.84. The Morgan fingerprint density at radius 1 is 1.50 bits per heavy atom. The van der Waals surface area contributed by atoms with E-state index in [1.165, 1.54) is 0 Å². The highest BCUT2D eigenvalue weighted by molar-refractivity contribution is 5.92. The number of aromatic nitrogens is 2. The van der Waals surface area contributed by atoms with Crippen LogP contribution in [0.5, 0.6) is 0 Å². The molecule has 1 atom stereocenters. The molecule has 1 fully saturated rings. The predicted octanol–water partition coefficient (Wildman–Crippen LogP) is -2.06. The van der Waals surface area contributed by atoms with Crippen LogP contribution in [0.4, 0.5) is 0 Å². The molecule has 0 spiro atoms. The van der Waals surface area contributed by atoms with Crippen molar-refractivity contribution >= 4 is 5.91 Å². The van der Waals surface area contributed by atoms with Gasteiger partial charge in [0.25, 0.3) is 11.5 Å². The fourth-order valence-corrected chi connectivity index (χ4v) is 1.67. The van der Waals surface area contributed by atoms with Gasteiger partial charge in [0, 0.05) is 25.6 Å². The first-order chi connectivity index (χ1) is 8.48. The summed E-state index contributed by atoms with van der Waals surface area (Å²) >= 11 is 0. The molecule has 8 heteroatoms. The summed E-state index contributed by atoms with van der Waals surface area (Å²) in [6, 6.07) is 0.978. The highest BCUT2D eigenvalue weighted by atomic mass is 16.5. The smallest absolute Gasteiger partial charge is 0.326 e. The fraction of sp³-hybridized carbons (Fsp3) is 0.500. The number of aromatic amines is 2. The largest absolute Gasteiger partial charge is 0.386 e. The number of H-pyrrole nitrogens is 2. The number of aliphatic hydroxyl groups is 1. The average molecular weight is 255 g/mol. The van der Waals surface area contributed by atoms with Crippen molar-refractivity contribution in [3.8, 4) is 0 Å². The Labute approximate surface area is 101 Å². The lowest BCUT2D eigenvalue weighted by molar-refractivity contribution is 0.0264. The number of nitrogens with one attached hydrogen (secondary N) is 3. The average Bonchev–Trinajstić information content (AvgIpc) is 2.72. The first kappa shape index (κ1) is 12.5. The van der Waals surface area contributed by atoms with Gasteiger partial charge in [-0.1, -0.05) is 0 Å². The second-order valence-corrected chi connectivity index (χ2v) is 4.21. The van der Waals surface area contributed by atoms with Crippen molar-refractivity contribution in [3.63, 3.8) is 0 Å². The maximum Gasteiger partial charge on any atom is 0.326 e. The molecule has 1 unspecified atom stereocenters. The quantitative estimate of drug-likeness (QED) is 0.494. The van der Waals surface area contributed by atoms with Crippen LogP contribution in [-0.2, 0) is 4.74 Å². The minimum absolute atomic E-state index is 0.000658. The molecule has 0 aromatic carbocycles. The molecule has 1 aliphatic rings. The number of amides is 1. The van der Waals surface area contributed by atoms with Gasteiger partial charge in [-0.15, -0.1) is 0 Å². The topological polar surface area (TPSA) is 124 Å². The molecule has 1 amide bonds. The van der Waals surface area contributed by atoms with Crippen LogP contribution < -0.4 is 16.6 Å². The number of hydrogen-bond donors (Lipinski definition) is 4. The van der Waals surface area contributed by atoms with Gasteiger partial charge in [-0.25, -0.2) is 4.79 Å². The Balaban J connectivity index is 2.03. The lowest BCUT2D eigenvalue weighted by atomic mass is 10.0. The Bertz CT molecular complexity index is 527. The maximum atomic E-state index is 11.7. The number of carbonyl (C=O) groups is 1. The van der Waals surface area contributed by atoms with Crippen LogP contribution in [-0.4, -0.2) is 46.3 Å². The van der Waals surface area contributed by atoms with E-state index in [0.717, 1.165) is 6.07 Å². The lowest BCUT2D eigenvalue weighted by Crippen LogP contribution is -2.44. The van der Waals surface area contributed by atoms with Gasteiger partial charge in [-0.3, -0.25) is 14.6 Å². The lowest BCUT2D eigenvalue weighted by Gasteiger charge is -2.20. The Hall–Kier alpha value is -1.93. The summed E-state index contributed by atoms with van der Waals surface area (Å²) in [7, 11) is 0. The number of rotatable bonds is 3. The Morgan fingerprint density at radius 2 is 2.28 bits per heavy atom. The highest BCUT2D eigenvalue weighted by Crippen LogP contribution is 2.16. The molecule has 0 saturated carbocycles. The van der Waals surface area contributed by atoms with Gasteiger partial charge >= 0.3 is 5.69 Å². The van der Waals surface area contributed by atoms with E-state index < -0.39 is 22.8 Å². The third-order valence-electron chi connectivity index (χ3n) is 2.67. The predicted molar refractivity (Wildman–Crippen MR) is 60.4 cm³/mol. The van der Waals surface area contributed by atoms with E-state index in [4.69, 9.17) is 4.74 Å². The Kier molecular flexibility index (Phi) is 3.30. The Morgan fingerprint density at radius 3 is 2.89 bits per heavy atom. The van der Waals surface area contributed by atoms with Gasteiger partial charge in [0.1, 0.15) is 11.3 Å². The van der Waals surface area contributed by atoms with Crippen LogP contribution in [0, 0.1) is 0 Å². The second kappa shape index (κ2) is 4.75. The molecule has 0 aliphatic carbocycles. The molecular weight excluding hydrogens is 242 g/mol. The SMILES string of the molecule is O=C(NCC1(O)CCOC1)c1cc(=O)[nH]c(=O)[nH]1. The van der Waals surface area contributed by atoms with Crippen LogP contribution in [0.15, 0.2) is 15.7 Å². The van der Waals surface area contributed by atoms with Crippen molar-refractivity contribution in [2.75, 3.05) is 19.8 Å². The molecule has 1 aromatic heterocycles. The van der Waals surface area contributed by atoms with Gasteiger partial charge < -0.3 is 20.1 Å². The molecule has 0 radical (unpaired) electrons. The van der Waals surface area contributed by atoms with E-state index in [1.807, 2.05) is 4.98 Å². The van der Waals surface area contributed by atoms with E-state index in [9.17, 15) is 19.5 Å². The summed E-state index contributed by atoms with van der Waals surface area (Å²) in [6.45, 7) is 0.591. The molecule has 0 bridgehead atoms. The molecule has 98 valence electrons. The fourth-order valence-electron chi connectivity index (χ4n) is 1.67.